The highest BCUT2D eigenvalue weighted by atomic mass is 32.2. The molecule has 0 bridgehead atoms. The molecule has 4 nitrogen and oxygen atoms in total. The summed E-state index contributed by atoms with van der Waals surface area (Å²) in [6.45, 7) is 5.42. The minimum Gasteiger partial charge on any atom is -0.490 e. The number of nitrogens with one attached hydrogen (secondary N) is 1. The molecule has 1 aliphatic rings. The molecule has 0 spiro atoms. The molecule has 1 heterocycles. The summed E-state index contributed by atoms with van der Waals surface area (Å²) < 4.78 is 23.4. The van der Waals surface area contributed by atoms with Crippen LogP contribution in [0.15, 0.2) is 23.1 Å². The normalized spacial score (nSPS) is 15.7. The van der Waals surface area contributed by atoms with E-state index in [0.717, 1.165) is 48.7 Å². The van der Waals surface area contributed by atoms with E-state index in [1.54, 1.807) is 0 Å². The number of hydrogen-bond donors (Lipinski definition) is 1. The zero-order chi connectivity index (χ0) is 14.2. The third-order valence-corrected chi connectivity index (χ3v) is 4.53. The van der Waals surface area contributed by atoms with E-state index in [1.807, 2.05) is 18.2 Å². The summed E-state index contributed by atoms with van der Waals surface area (Å²) in [6.07, 6.45) is 2.93. The lowest BCUT2D eigenvalue weighted by Gasteiger charge is -2.09. The Kier molecular flexibility index (Phi) is 6.33. The van der Waals surface area contributed by atoms with Gasteiger partial charge in [-0.3, -0.25) is 4.21 Å². The van der Waals surface area contributed by atoms with Crippen molar-refractivity contribution in [1.29, 1.82) is 0 Å². The van der Waals surface area contributed by atoms with E-state index < -0.39 is 10.8 Å². The Labute approximate surface area is 123 Å². The van der Waals surface area contributed by atoms with E-state index in [0.29, 0.717) is 19.0 Å². The first-order chi connectivity index (χ1) is 9.81. The Morgan fingerprint density at radius 3 is 2.80 bits per heavy atom. The lowest BCUT2D eigenvalue weighted by Crippen LogP contribution is -2.17. The maximum atomic E-state index is 12.2. The Morgan fingerprint density at radius 2 is 2.00 bits per heavy atom. The summed E-state index contributed by atoms with van der Waals surface area (Å²) in [5.74, 6) is 2.15. The molecule has 112 valence electrons. The van der Waals surface area contributed by atoms with Crippen molar-refractivity contribution in [3.63, 3.8) is 0 Å². The average Bonchev–Trinajstić information content (AvgIpc) is 2.71. The van der Waals surface area contributed by atoms with Gasteiger partial charge in [-0.1, -0.05) is 6.92 Å². The zero-order valence-corrected chi connectivity index (χ0v) is 12.8. The predicted octanol–water partition coefficient (Wildman–Crippen LogP) is 2.35. The highest BCUT2D eigenvalue weighted by Crippen LogP contribution is 2.31. The van der Waals surface area contributed by atoms with Crippen molar-refractivity contribution in [2.45, 2.75) is 31.1 Å². The summed E-state index contributed by atoms with van der Waals surface area (Å²) in [5, 5.41) is 3.32. The molecule has 20 heavy (non-hydrogen) atoms. The molecule has 0 saturated heterocycles. The Bertz CT molecular complexity index is 451. The molecule has 1 aliphatic heterocycles. The van der Waals surface area contributed by atoms with E-state index in [1.165, 1.54) is 0 Å². The van der Waals surface area contributed by atoms with Crippen LogP contribution in [0.2, 0.25) is 0 Å². The van der Waals surface area contributed by atoms with Crippen LogP contribution in [0.4, 0.5) is 0 Å². The first kappa shape index (κ1) is 15.3. The van der Waals surface area contributed by atoms with Crippen LogP contribution in [0.25, 0.3) is 0 Å². The topological polar surface area (TPSA) is 47.6 Å². The smallest absolute Gasteiger partial charge is 0.162 e. The SMILES string of the molecule is CCCNCCCS(=O)c1ccc2c(c1)OCCCO2. The van der Waals surface area contributed by atoms with Gasteiger partial charge in [0.05, 0.1) is 24.0 Å². The van der Waals surface area contributed by atoms with Crippen LogP contribution in [-0.2, 0) is 10.8 Å². The molecule has 0 radical (unpaired) electrons. The van der Waals surface area contributed by atoms with Gasteiger partial charge < -0.3 is 14.8 Å². The monoisotopic (exact) mass is 297 g/mol. The fourth-order valence-electron chi connectivity index (χ4n) is 2.03. The molecule has 0 saturated carbocycles. The van der Waals surface area contributed by atoms with Crippen molar-refractivity contribution in [3.05, 3.63) is 18.2 Å². The number of ether oxygens (including phenoxy) is 2. The van der Waals surface area contributed by atoms with Crippen molar-refractivity contribution in [2.24, 2.45) is 0 Å². The maximum absolute atomic E-state index is 12.2. The van der Waals surface area contributed by atoms with Gasteiger partial charge in [-0.05, 0) is 38.1 Å². The molecular formula is C15H23NO3S. The van der Waals surface area contributed by atoms with Gasteiger partial charge in [-0.25, -0.2) is 0 Å². The second kappa shape index (κ2) is 8.27. The van der Waals surface area contributed by atoms with E-state index in [2.05, 4.69) is 12.2 Å². The van der Waals surface area contributed by atoms with Crippen molar-refractivity contribution >= 4 is 10.8 Å². The van der Waals surface area contributed by atoms with Crippen LogP contribution in [0.5, 0.6) is 11.5 Å². The van der Waals surface area contributed by atoms with Gasteiger partial charge >= 0.3 is 0 Å². The Hall–Kier alpha value is -1.07. The molecule has 1 atom stereocenters. The second-order valence-electron chi connectivity index (χ2n) is 4.81. The molecule has 1 aromatic rings. The van der Waals surface area contributed by atoms with Crippen molar-refractivity contribution in [2.75, 3.05) is 32.1 Å². The molecule has 0 fully saturated rings. The molecule has 2 rings (SSSR count). The van der Waals surface area contributed by atoms with Crippen LogP contribution in [-0.4, -0.2) is 36.3 Å². The van der Waals surface area contributed by atoms with Gasteiger partial charge in [0.15, 0.2) is 11.5 Å². The summed E-state index contributed by atoms with van der Waals surface area (Å²) in [6, 6.07) is 5.60. The number of benzene rings is 1. The predicted molar refractivity (Wildman–Crippen MR) is 81.1 cm³/mol. The molecule has 1 N–H and O–H groups in total. The van der Waals surface area contributed by atoms with Gasteiger partial charge in [0.1, 0.15) is 0 Å². The quantitative estimate of drug-likeness (QED) is 0.785. The minimum atomic E-state index is -0.968. The Morgan fingerprint density at radius 1 is 1.20 bits per heavy atom. The average molecular weight is 297 g/mol. The van der Waals surface area contributed by atoms with E-state index >= 15 is 0 Å². The van der Waals surface area contributed by atoms with Gasteiger partial charge in [-0.2, -0.15) is 0 Å². The molecule has 0 amide bonds. The van der Waals surface area contributed by atoms with Gasteiger partial charge in [0, 0.05) is 23.1 Å². The van der Waals surface area contributed by atoms with Crippen molar-refractivity contribution in [3.8, 4) is 11.5 Å². The third-order valence-electron chi connectivity index (χ3n) is 3.09. The van der Waals surface area contributed by atoms with Crippen molar-refractivity contribution < 1.29 is 13.7 Å². The van der Waals surface area contributed by atoms with Crippen LogP contribution in [0.3, 0.4) is 0 Å². The van der Waals surface area contributed by atoms with Crippen LogP contribution < -0.4 is 14.8 Å². The lowest BCUT2D eigenvalue weighted by atomic mass is 10.3. The minimum absolute atomic E-state index is 0.657. The Balaban J connectivity index is 1.88. The first-order valence-corrected chi connectivity index (χ1v) is 8.62. The highest BCUT2D eigenvalue weighted by Gasteiger charge is 2.13. The largest absolute Gasteiger partial charge is 0.490 e. The number of rotatable bonds is 7. The summed E-state index contributed by atoms with van der Waals surface area (Å²) in [5.41, 5.74) is 0. The molecule has 0 aliphatic carbocycles. The van der Waals surface area contributed by atoms with E-state index in [9.17, 15) is 4.21 Å². The fraction of sp³-hybridized carbons (Fsp3) is 0.600. The number of fused-ring (bicyclic) bond motifs is 1. The second-order valence-corrected chi connectivity index (χ2v) is 6.38. The first-order valence-electron chi connectivity index (χ1n) is 7.30. The van der Waals surface area contributed by atoms with Gasteiger partial charge in [0.25, 0.3) is 0 Å². The summed E-state index contributed by atoms with van der Waals surface area (Å²) >= 11 is 0. The molecular weight excluding hydrogens is 274 g/mol. The van der Waals surface area contributed by atoms with Gasteiger partial charge in [-0.15, -0.1) is 0 Å². The molecule has 1 unspecified atom stereocenters. The zero-order valence-electron chi connectivity index (χ0n) is 12.0. The molecule has 5 heteroatoms. The van der Waals surface area contributed by atoms with Crippen molar-refractivity contribution in [1.82, 2.24) is 5.32 Å². The van der Waals surface area contributed by atoms with Gasteiger partial charge in [0.2, 0.25) is 0 Å². The highest BCUT2D eigenvalue weighted by molar-refractivity contribution is 7.85. The van der Waals surface area contributed by atoms with Crippen LogP contribution >= 0.6 is 0 Å². The maximum Gasteiger partial charge on any atom is 0.162 e. The lowest BCUT2D eigenvalue weighted by molar-refractivity contribution is 0.297. The summed E-state index contributed by atoms with van der Waals surface area (Å²) in [7, 11) is -0.968. The standard InChI is InChI=1S/C15H23NO3S/c1-2-7-16-8-3-11-20(17)13-5-6-14-15(12-13)19-10-4-9-18-14/h5-6,12,16H,2-4,7-11H2,1H3. The molecule has 0 aromatic heterocycles. The van der Waals surface area contributed by atoms with E-state index in [-0.39, 0.29) is 0 Å². The number of hydrogen-bond acceptors (Lipinski definition) is 4. The van der Waals surface area contributed by atoms with E-state index in [4.69, 9.17) is 9.47 Å². The fourth-order valence-corrected chi connectivity index (χ4v) is 3.13. The third kappa shape index (κ3) is 4.49. The summed E-state index contributed by atoms with van der Waals surface area (Å²) in [4.78, 5) is 0.824. The van der Waals surface area contributed by atoms with Crippen LogP contribution in [0, 0.1) is 0 Å². The molecule has 1 aromatic carbocycles. The van der Waals surface area contributed by atoms with Crippen LogP contribution in [0.1, 0.15) is 26.2 Å².